The van der Waals surface area contributed by atoms with Gasteiger partial charge in [-0.1, -0.05) is 43.3 Å². The summed E-state index contributed by atoms with van der Waals surface area (Å²) >= 11 is 0. The molecule has 0 bridgehead atoms. The molecule has 0 aliphatic rings. The molecule has 0 aliphatic heterocycles. The van der Waals surface area contributed by atoms with Crippen LogP contribution in [0.3, 0.4) is 0 Å². The number of rotatable bonds is 4. The number of pyridine rings is 1. The molecule has 2 nitrogen and oxygen atoms in total. The van der Waals surface area contributed by atoms with Crippen LogP contribution < -0.4 is 5.32 Å². The summed E-state index contributed by atoms with van der Waals surface area (Å²) in [4.78, 5) is 4.56. The summed E-state index contributed by atoms with van der Waals surface area (Å²) in [6, 6.07) is 15.0. The minimum Gasteiger partial charge on any atom is -0.306 e. The highest BCUT2D eigenvalue weighted by Crippen LogP contribution is 2.24. The van der Waals surface area contributed by atoms with Crippen molar-refractivity contribution in [1.82, 2.24) is 10.3 Å². The molecule has 1 heterocycles. The molecule has 1 aromatic heterocycles. The highest BCUT2D eigenvalue weighted by Gasteiger charge is 2.15. The van der Waals surface area contributed by atoms with Gasteiger partial charge in [-0.2, -0.15) is 0 Å². The maximum absolute atomic E-state index is 4.56. The largest absolute Gasteiger partial charge is 0.306 e. The van der Waals surface area contributed by atoms with E-state index in [0.29, 0.717) is 0 Å². The van der Waals surface area contributed by atoms with Crippen LogP contribution in [0.25, 0.3) is 0 Å². The first-order chi connectivity index (χ1) is 8.72. The van der Waals surface area contributed by atoms with Gasteiger partial charge in [0.1, 0.15) is 0 Å². The summed E-state index contributed by atoms with van der Waals surface area (Å²) in [6.45, 7) is 7.18. The Morgan fingerprint density at radius 1 is 1.06 bits per heavy atom. The van der Waals surface area contributed by atoms with Gasteiger partial charge in [-0.15, -0.1) is 0 Å². The van der Waals surface area contributed by atoms with Gasteiger partial charge in [0.2, 0.25) is 0 Å². The van der Waals surface area contributed by atoms with Crippen LogP contribution in [-0.2, 0) is 0 Å². The van der Waals surface area contributed by atoms with Crippen LogP contribution in [0.5, 0.6) is 0 Å². The molecule has 0 fully saturated rings. The minimum absolute atomic E-state index is 0.226. The molecule has 1 atom stereocenters. The van der Waals surface area contributed by atoms with E-state index in [9.17, 15) is 0 Å². The van der Waals surface area contributed by atoms with Crippen LogP contribution in [0.15, 0.2) is 42.5 Å². The standard InChI is InChI=1S/C16H20N2/c1-4-17-16(14-8-6-5-7-9-14)15-11-10-12(2)18-13(15)3/h5-11,16-17H,4H2,1-3H3. The van der Waals surface area contributed by atoms with Gasteiger partial charge in [-0.05, 0) is 37.6 Å². The van der Waals surface area contributed by atoms with Gasteiger partial charge in [0.15, 0.2) is 0 Å². The van der Waals surface area contributed by atoms with Gasteiger partial charge < -0.3 is 5.32 Å². The van der Waals surface area contributed by atoms with E-state index >= 15 is 0 Å². The molecule has 0 radical (unpaired) electrons. The smallest absolute Gasteiger partial charge is 0.0594 e. The SMILES string of the molecule is CCNC(c1ccccc1)c1ccc(C)nc1C. The molecule has 0 saturated carbocycles. The van der Waals surface area contributed by atoms with Crippen LogP contribution in [0.2, 0.25) is 0 Å². The molecule has 2 heteroatoms. The van der Waals surface area contributed by atoms with E-state index < -0.39 is 0 Å². The Balaban J connectivity index is 2.41. The quantitative estimate of drug-likeness (QED) is 0.886. The third kappa shape index (κ3) is 2.77. The number of hydrogen-bond acceptors (Lipinski definition) is 2. The van der Waals surface area contributed by atoms with Crippen molar-refractivity contribution >= 4 is 0 Å². The Hall–Kier alpha value is -1.67. The lowest BCUT2D eigenvalue weighted by atomic mass is 9.97. The Morgan fingerprint density at radius 2 is 1.78 bits per heavy atom. The summed E-state index contributed by atoms with van der Waals surface area (Å²) in [5, 5.41) is 3.54. The third-order valence-corrected chi connectivity index (χ3v) is 3.12. The Kier molecular flexibility index (Phi) is 4.11. The van der Waals surface area contributed by atoms with Crippen molar-refractivity contribution in [3.63, 3.8) is 0 Å². The molecule has 18 heavy (non-hydrogen) atoms. The zero-order chi connectivity index (χ0) is 13.0. The second kappa shape index (κ2) is 5.78. The minimum atomic E-state index is 0.226. The molecular weight excluding hydrogens is 220 g/mol. The van der Waals surface area contributed by atoms with Crippen LogP contribution in [0, 0.1) is 13.8 Å². The summed E-state index contributed by atoms with van der Waals surface area (Å²) in [6.07, 6.45) is 0. The second-order valence-corrected chi connectivity index (χ2v) is 4.53. The average molecular weight is 240 g/mol. The van der Waals surface area contributed by atoms with Gasteiger partial charge in [0.05, 0.1) is 6.04 Å². The topological polar surface area (TPSA) is 24.9 Å². The van der Waals surface area contributed by atoms with Gasteiger partial charge in [-0.25, -0.2) is 0 Å². The van der Waals surface area contributed by atoms with E-state index in [1.54, 1.807) is 0 Å². The van der Waals surface area contributed by atoms with Crippen molar-refractivity contribution in [3.05, 3.63) is 65.0 Å². The lowest BCUT2D eigenvalue weighted by Crippen LogP contribution is -2.23. The fourth-order valence-corrected chi connectivity index (χ4v) is 2.26. The average Bonchev–Trinajstić information content (AvgIpc) is 2.38. The normalized spacial score (nSPS) is 12.4. The number of aryl methyl sites for hydroxylation is 2. The predicted octanol–water partition coefficient (Wildman–Crippen LogP) is 3.40. The number of aromatic nitrogens is 1. The molecular formula is C16H20N2. The summed E-state index contributed by atoms with van der Waals surface area (Å²) < 4.78 is 0. The van der Waals surface area contributed by atoms with E-state index in [4.69, 9.17) is 0 Å². The molecule has 1 unspecified atom stereocenters. The molecule has 0 saturated heterocycles. The number of benzene rings is 1. The first kappa shape index (κ1) is 12.8. The van der Waals surface area contributed by atoms with E-state index in [1.807, 2.05) is 13.0 Å². The third-order valence-electron chi connectivity index (χ3n) is 3.12. The van der Waals surface area contributed by atoms with Gasteiger partial charge >= 0.3 is 0 Å². The van der Waals surface area contributed by atoms with Crippen molar-refractivity contribution < 1.29 is 0 Å². The fraction of sp³-hybridized carbons (Fsp3) is 0.312. The highest BCUT2D eigenvalue weighted by atomic mass is 14.9. The molecule has 2 rings (SSSR count). The molecule has 94 valence electrons. The van der Waals surface area contributed by atoms with Gasteiger partial charge in [0.25, 0.3) is 0 Å². The van der Waals surface area contributed by atoms with Gasteiger partial charge in [0, 0.05) is 11.4 Å². The lowest BCUT2D eigenvalue weighted by Gasteiger charge is -2.20. The molecule has 1 N–H and O–H groups in total. The highest BCUT2D eigenvalue weighted by molar-refractivity contribution is 5.34. The van der Waals surface area contributed by atoms with E-state index in [0.717, 1.165) is 17.9 Å². The number of nitrogens with one attached hydrogen (secondary N) is 1. The van der Waals surface area contributed by atoms with Crippen LogP contribution >= 0.6 is 0 Å². The summed E-state index contributed by atoms with van der Waals surface area (Å²) in [5.74, 6) is 0. The van der Waals surface area contributed by atoms with Crippen molar-refractivity contribution in [2.75, 3.05) is 6.54 Å². The molecule has 0 aliphatic carbocycles. The van der Waals surface area contributed by atoms with Crippen LogP contribution in [0.4, 0.5) is 0 Å². The van der Waals surface area contributed by atoms with Gasteiger partial charge in [-0.3, -0.25) is 4.98 Å². The maximum Gasteiger partial charge on any atom is 0.0594 e. The van der Waals surface area contributed by atoms with E-state index in [1.165, 1.54) is 11.1 Å². The molecule has 2 aromatic rings. The van der Waals surface area contributed by atoms with Crippen molar-refractivity contribution in [2.24, 2.45) is 0 Å². The monoisotopic (exact) mass is 240 g/mol. The zero-order valence-electron chi connectivity index (χ0n) is 11.3. The van der Waals surface area contributed by atoms with Crippen LogP contribution in [0.1, 0.15) is 35.5 Å². The van der Waals surface area contributed by atoms with Crippen LogP contribution in [-0.4, -0.2) is 11.5 Å². The predicted molar refractivity (Wildman–Crippen MR) is 75.7 cm³/mol. The Morgan fingerprint density at radius 3 is 2.39 bits per heavy atom. The fourth-order valence-electron chi connectivity index (χ4n) is 2.26. The lowest BCUT2D eigenvalue weighted by molar-refractivity contribution is 0.624. The van der Waals surface area contributed by atoms with E-state index in [-0.39, 0.29) is 6.04 Å². The Labute approximate surface area is 109 Å². The number of nitrogens with zero attached hydrogens (tertiary/aromatic N) is 1. The van der Waals surface area contributed by atoms with Crippen molar-refractivity contribution in [2.45, 2.75) is 26.8 Å². The van der Waals surface area contributed by atoms with Crippen molar-refractivity contribution in [1.29, 1.82) is 0 Å². The van der Waals surface area contributed by atoms with Crippen molar-refractivity contribution in [3.8, 4) is 0 Å². The second-order valence-electron chi connectivity index (χ2n) is 4.53. The summed E-state index contributed by atoms with van der Waals surface area (Å²) in [7, 11) is 0. The maximum atomic E-state index is 4.56. The molecule has 0 spiro atoms. The first-order valence-electron chi connectivity index (χ1n) is 6.45. The zero-order valence-corrected chi connectivity index (χ0v) is 11.3. The number of hydrogen-bond donors (Lipinski definition) is 1. The molecule has 0 amide bonds. The molecule has 1 aromatic carbocycles. The Bertz CT molecular complexity index is 506. The summed E-state index contributed by atoms with van der Waals surface area (Å²) in [5.41, 5.74) is 4.71. The first-order valence-corrected chi connectivity index (χ1v) is 6.45. The van der Waals surface area contributed by atoms with E-state index in [2.05, 4.69) is 60.5 Å².